The van der Waals surface area contributed by atoms with Gasteiger partial charge >= 0.3 is 0 Å². The van der Waals surface area contributed by atoms with Crippen molar-refractivity contribution in [3.05, 3.63) is 0 Å². The van der Waals surface area contributed by atoms with Gasteiger partial charge in [-0.2, -0.15) is 0 Å². The van der Waals surface area contributed by atoms with E-state index < -0.39 is 6.10 Å². The number of carbonyl (C=O) groups excluding carboxylic acids is 1. The standard InChI is InChI=1S/C14H30N2O3/c1-5-10(4)12(8-17)16-14(19)7-13(18)11(15)6-9(2)3/h9-13,17-18H,5-8,15H2,1-4H3,(H,16,19)/t10?,11?,12-,13?/m1/s1. The average molecular weight is 274 g/mol. The highest BCUT2D eigenvalue weighted by molar-refractivity contribution is 5.76. The zero-order valence-electron chi connectivity index (χ0n) is 12.6. The number of carbonyl (C=O) groups is 1. The van der Waals surface area contributed by atoms with Gasteiger partial charge in [0.25, 0.3) is 0 Å². The molecule has 0 spiro atoms. The van der Waals surface area contributed by atoms with E-state index in [1.807, 2.05) is 27.7 Å². The third-order valence-corrected chi connectivity index (χ3v) is 3.51. The average Bonchev–Trinajstić information content (AvgIpc) is 2.33. The van der Waals surface area contributed by atoms with Gasteiger partial charge < -0.3 is 21.3 Å². The topological polar surface area (TPSA) is 95.6 Å². The van der Waals surface area contributed by atoms with E-state index in [-0.39, 0.29) is 36.9 Å². The summed E-state index contributed by atoms with van der Waals surface area (Å²) in [6.45, 7) is 7.94. The Morgan fingerprint density at radius 3 is 2.32 bits per heavy atom. The predicted molar refractivity (Wildman–Crippen MR) is 76.5 cm³/mol. The largest absolute Gasteiger partial charge is 0.394 e. The lowest BCUT2D eigenvalue weighted by Crippen LogP contribution is -2.45. The summed E-state index contributed by atoms with van der Waals surface area (Å²) in [6, 6.07) is -0.645. The number of amides is 1. The van der Waals surface area contributed by atoms with E-state index in [0.29, 0.717) is 12.3 Å². The van der Waals surface area contributed by atoms with Crippen molar-refractivity contribution in [2.45, 2.75) is 65.1 Å². The molecule has 0 aliphatic heterocycles. The number of nitrogens with one attached hydrogen (secondary N) is 1. The molecular weight excluding hydrogens is 244 g/mol. The van der Waals surface area contributed by atoms with Crippen LogP contribution in [0.25, 0.3) is 0 Å². The maximum absolute atomic E-state index is 11.8. The number of rotatable bonds is 9. The first-order valence-electron chi connectivity index (χ1n) is 7.15. The lowest BCUT2D eigenvalue weighted by Gasteiger charge is -2.24. The Balaban J connectivity index is 4.21. The highest BCUT2D eigenvalue weighted by atomic mass is 16.3. The molecule has 0 aliphatic rings. The van der Waals surface area contributed by atoms with Crippen LogP contribution < -0.4 is 11.1 Å². The van der Waals surface area contributed by atoms with Gasteiger partial charge in [0.15, 0.2) is 0 Å². The summed E-state index contributed by atoms with van der Waals surface area (Å²) in [5.41, 5.74) is 5.84. The summed E-state index contributed by atoms with van der Waals surface area (Å²) < 4.78 is 0. The van der Waals surface area contributed by atoms with Gasteiger partial charge in [-0.3, -0.25) is 4.79 Å². The molecule has 0 fully saturated rings. The summed E-state index contributed by atoms with van der Waals surface area (Å²) in [6.07, 6.45) is 0.712. The van der Waals surface area contributed by atoms with E-state index in [1.54, 1.807) is 0 Å². The van der Waals surface area contributed by atoms with Gasteiger partial charge in [0, 0.05) is 6.04 Å². The Labute approximate surface area is 116 Å². The maximum atomic E-state index is 11.8. The van der Waals surface area contributed by atoms with E-state index in [9.17, 15) is 15.0 Å². The second-order valence-corrected chi connectivity index (χ2v) is 5.81. The van der Waals surface area contributed by atoms with Crippen LogP contribution in [0.3, 0.4) is 0 Å². The molecule has 19 heavy (non-hydrogen) atoms. The Morgan fingerprint density at radius 2 is 1.89 bits per heavy atom. The summed E-state index contributed by atoms with van der Waals surface area (Å²) >= 11 is 0. The third-order valence-electron chi connectivity index (χ3n) is 3.51. The smallest absolute Gasteiger partial charge is 0.222 e. The number of aliphatic hydroxyl groups excluding tert-OH is 2. The lowest BCUT2D eigenvalue weighted by atomic mass is 9.97. The van der Waals surface area contributed by atoms with Gasteiger partial charge in [-0.05, 0) is 18.3 Å². The van der Waals surface area contributed by atoms with Gasteiger partial charge in [-0.25, -0.2) is 0 Å². The van der Waals surface area contributed by atoms with Crippen molar-refractivity contribution in [3.63, 3.8) is 0 Å². The monoisotopic (exact) mass is 274 g/mol. The first-order chi connectivity index (χ1) is 8.81. The summed E-state index contributed by atoms with van der Waals surface area (Å²) in [5, 5.41) is 21.9. The van der Waals surface area contributed by atoms with Crippen molar-refractivity contribution in [2.24, 2.45) is 17.6 Å². The normalized spacial score (nSPS) is 17.9. The zero-order valence-corrected chi connectivity index (χ0v) is 12.6. The van der Waals surface area contributed by atoms with Crippen molar-refractivity contribution in [2.75, 3.05) is 6.61 Å². The van der Waals surface area contributed by atoms with Gasteiger partial charge in [0.1, 0.15) is 0 Å². The molecule has 1 amide bonds. The number of nitrogens with two attached hydrogens (primary N) is 1. The highest BCUT2D eigenvalue weighted by Gasteiger charge is 2.22. The molecule has 5 heteroatoms. The van der Waals surface area contributed by atoms with Gasteiger partial charge in [-0.15, -0.1) is 0 Å². The van der Waals surface area contributed by atoms with Gasteiger partial charge in [-0.1, -0.05) is 34.1 Å². The van der Waals surface area contributed by atoms with E-state index in [4.69, 9.17) is 5.73 Å². The Morgan fingerprint density at radius 1 is 1.32 bits per heavy atom. The van der Waals surface area contributed by atoms with Gasteiger partial charge in [0.05, 0.1) is 25.2 Å². The van der Waals surface area contributed by atoms with Crippen LogP contribution in [0.2, 0.25) is 0 Å². The number of hydrogen-bond acceptors (Lipinski definition) is 4. The Hall–Kier alpha value is -0.650. The van der Waals surface area contributed by atoms with Crippen LogP contribution >= 0.6 is 0 Å². The fourth-order valence-corrected chi connectivity index (χ4v) is 1.96. The van der Waals surface area contributed by atoms with E-state index >= 15 is 0 Å². The number of aliphatic hydroxyl groups is 2. The van der Waals surface area contributed by atoms with Crippen LogP contribution in [0.15, 0.2) is 0 Å². The predicted octanol–water partition coefficient (Wildman–Crippen LogP) is 0.634. The highest BCUT2D eigenvalue weighted by Crippen LogP contribution is 2.10. The molecule has 114 valence electrons. The summed E-state index contributed by atoms with van der Waals surface area (Å²) in [5.74, 6) is 0.333. The zero-order chi connectivity index (χ0) is 15.0. The molecule has 0 bridgehead atoms. The van der Waals surface area contributed by atoms with Crippen molar-refractivity contribution in [1.82, 2.24) is 5.32 Å². The molecule has 0 aromatic carbocycles. The second-order valence-electron chi connectivity index (χ2n) is 5.81. The Kier molecular flexibility index (Phi) is 8.97. The fraction of sp³-hybridized carbons (Fsp3) is 0.929. The Bertz CT molecular complexity index is 259. The molecule has 3 unspecified atom stereocenters. The maximum Gasteiger partial charge on any atom is 0.222 e. The minimum atomic E-state index is -0.835. The molecule has 0 heterocycles. The molecule has 0 saturated heterocycles. The van der Waals surface area contributed by atoms with Crippen LogP contribution in [0, 0.1) is 11.8 Å². The molecule has 5 N–H and O–H groups in total. The molecule has 0 saturated carbocycles. The molecule has 0 radical (unpaired) electrons. The molecule has 0 rings (SSSR count). The van der Waals surface area contributed by atoms with Crippen molar-refractivity contribution >= 4 is 5.91 Å². The molecular formula is C14H30N2O3. The first-order valence-corrected chi connectivity index (χ1v) is 7.15. The summed E-state index contributed by atoms with van der Waals surface area (Å²) in [7, 11) is 0. The van der Waals surface area contributed by atoms with Crippen LogP contribution in [-0.2, 0) is 4.79 Å². The molecule has 0 aromatic rings. The van der Waals surface area contributed by atoms with E-state index in [0.717, 1.165) is 6.42 Å². The van der Waals surface area contributed by atoms with Crippen LogP contribution in [0.4, 0.5) is 0 Å². The molecule has 0 aromatic heterocycles. The van der Waals surface area contributed by atoms with Crippen molar-refractivity contribution in [3.8, 4) is 0 Å². The van der Waals surface area contributed by atoms with Crippen molar-refractivity contribution < 1.29 is 15.0 Å². The SMILES string of the molecule is CCC(C)[C@@H](CO)NC(=O)CC(O)C(N)CC(C)C. The van der Waals surface area contributed by atoms with Crippen LogP contribution in [0.1, 0.15) is 47.0 Å². The lowest BCUT2D eigenvalue weighted by molar-refractivity contribution is -0.124. The molecule has 5 nitrogen and oxygen atoms in total. The van der Waals surface area contributed by atoms with E-state index in [2.05, 4.69) is 5.32 Å². The molecule has 4 atom stereocenters. The number of hydrogen-bond donors (Lipinski definition) is 4. The molecule has 0 aliphatic carbocycles. The quantitative estimate of drug-likeness (QED) is 0.496. The third kappa shape index (κ3) is 7.50. The fourth-order valence-electron chi connectivity index (χ4n) is 1.96. The van der Waals surface area contributed by atoms with E-state index in [1.165, 1.54) is 0 Å². The van der Waals surface area contributed by atoms with Gasteiger partial charge in [0.2, 0.25) is 5.91 Å². The second kappa shape index (κ2) is 9.28. The summed E-state index contributed by atoms with van der Waals surface area (Å²) in [4.78, 5) is 11.8. The minimum absolute atomic E-state index is 0.0131. The first kappa shape index (κ1) is 18.4. The van der Waals surface area contributed by atoms with Crippen LogP contribution in [-0.4, -0.2) is 40.9 Å². The minimum Gasteiger partial charge on any atom is -0.394 e. The van der Waals surface area contributed by atoms with Crippen LogP contribution in [0.5, 0.6) is 0 Å². The van der Waals surface area contributed by atoms with Crippen molar-refractivity contribution in [1.29, 1.82) is 0 Å².